The second kappa shape index (κ2) is 6.57. The Bertz CT molecular complexity index is 658. The Morgan fingerprint density at radius 2 is 1.70 bits per heavy atom. The summed E-state index contributed by atoms with van der Waals surface area (Å²) in [5.74, 6) is 2.53. The highest BCUT2D eigenvalue weighted by atomic mass is 19.1. The molecule has 0 atom stereocenters. The molecule has 0 spiro atoms. The summed E-state index contributed by atoms with van der Waals surface area (Å²) >= 11 is 0. The fraction of sp³-hybridized carbons (Fsp3) is 0.368. The van der Waals surface area contributed by atoms with Gasteiger partial charge in [0, 0.05) is 5.39 Å². The van der Waals surface area contributed by atoms with Crippen LogP contribution in [0.4, 0.5) is 4.39 Å². The van der Waals surface area contributed by atoms with E-state index in [-0.39, 0.29) is 5.82 Å². The highest BCUT2D eigenvalue weighted by Gasteiger charge is 2.14. The van der Waals surface area contributed by atoms with E-state index in [0.717, 1.165) is 21.9 Å². The monoisotopic (exact) mass is 270 g/mol. The number of hydrogen-bond acceptors (Lipinski definition) is 0. The molecule has 0 aliphatic rings. The van der Waals surface area contributed by atoms with Gasteiger partial charge in [-0.05, 0) is 42.3 Å². The van der Waals surface area contributed by atoms with E-state index in [1.807, 2.05) is 20.8 Å². The Balaban J connectivity index is 0.000000956. The van der Waals surface area contributed by atoms with Gasteiger partial charge in [0.2, 0.25) is 0 Å². The van der Waals surface area contributed by atoms with Gasteiger partial charge in [-0.3, -0.25) is 0 Å². The number of fused-ring (bicyclic) bond motifs is 1. The zero-order valence-corrected chi connectivity index (χ0v) is 13.3. The second-order valence-electron chi connectivity index (χ2n) is 5.13. The number of rotatable bonds is 1. The van der Waals surface area contributed by atoms with Gasteiger partial charge in [0.1, 0.15) is 5.82 Å². The quantitative estimate of drug-likeness (QED) is 0.581. The van der Waals surface area contributed by atoms with Crippen molar-refractivity contribution in [3.05, 3.63) is 46.3 Å². The molecular formula is C19H23F. The number of hydrogen-bond donors (Lipinski definition) is 0. The summed E-state index contributed by atoms with van der Waals surface area (Å²) in [4.78, 5) is 0. The average Bonchev–Trinajstić information content (AvgIpc) is 2.41. The summed E-state index contributed by atoms with van der Waals surface area (Å²) in [6.45, 7) is 12.2. The largest absolute Gasteiger partial charge is 0.206 e. The van der Waals surface area contributed by atoms with E-state index >= 15 is 0 Å². The minimum Gasteiger partial charge on any atom is -0.206 e. The van der Waals surface area contributed by atoms with E-state index in [9.17, 15) is 4.39 Å². The van der Waals surface area contributed by atoms with Gasteiger partial charge in [-0.1, -0.05) is 51.3 Å². The van der Waals surface area contributed by atoms with E-state index in [2.05, 4.69) is 38.8 Å². The molecule has 0 aliphatic heterocycles. The first-order valence-corrected chi connectivity index (χ1v) is 7.15. The first-order valence-electron chi connectivity index (χ1n) is 7.15. The molecule has 0 aliphatic carbocycles. The van der Waals surface area contributed by atoms with Crippen molar-refractivity contribution in [3.63, 3.8) is 0 Å². The Morgan fingerprint density at radius 1 is 1.10 bits per heavy atom. The lowest BCUT2D eigenvalue weighted by Crippen LogP contribution is -1.98. The zero-order chi connectivity index (χ0) is 15.4. The van der Waals surface area contributed by atoms with Gasteiger partial charge in [0.05, 0.1) is 5.56 Å². The van der Waals surface area contributed by atoms with Crippen LogP contribution in [0.3, 0.4) is 0 Å². The van der Waals surface area contributed by atoms with Crippen LogP contribution in [-0.4, -0.2) is 0 Å². The molecule has 2 aromatic carbocycles. The smallest absolute Gasteiger partial charge is 0.139 e. The van der Waals surface area contributed by atoms with E-state index in [0.29, 0.717) is 11.5 Å². The Labute approximate surface area is 122 Å². The number of terminal acetylenes is 1. The SMILES string of the molecule is C#Cc1c(F)cc(C)c2cc(C)cc(C(C)C)c12.CC. The molecule has 106 valence electrons. The van der Waals surface area contributed by atoms with Crippen molar-refractivity contribution >= 4 is 10.8 Å². The highest BCUT2D eigenvalue weighted by Crippen LogP contribution is 2.33. The van der Waals surface area contributed by atoms with Crippen LogP contribution < -0.4 is 0 Å². The maximum Gasteiger partial charge on any atom is 0.139 e. The van der Waals surface area contributed by atoms with Gasteiger partial charge < -0.3 is 0 Å². The van der Waals surface area contributed by atoms with Crippen molar-refractivity contribution in [3.8, 4) is 12.3 Å². The Hall–Kier alpha value is -1.81. The topological polar surface area (TPSA) is 0 Å². The number of halogens is 1. The molecule has 0 aromatic heterocycles. The molecule has 1 heteroatoms. The number of aryl methyl sites for hydroxylation is 2. The van der Waals surface area contributed by atoms with Crippen molar-refractivity contribution in [1.29, 1.82) is 0 Å². The van der Waals surface area contributed by atoms with Gasteiger partial charge in [-0.15, -0.1) is 6.42 Å². The van der Waals surface area contributed by atoms with E-state index in [1.54, 1.807) is 0 Å². The molecule has 0 N–H and O–H groups in total. The van der Waals surface area contributed by atoms with Crippen molar-refractivity contribution in [2.24, 2.45) is 0 Å². The lowest BCUT2D eigenvalue weighted by molar-refractivity contribution is 0.625. The summed E-state index contributed by atoms with van der Waals surface area (Å²) in [7, 11) is 0. The molecule has 0 saturated carbocycles. The van der Waals surface area contributed by atoms with Gasteiger partial charge in [0.15, 0.2) is 0 Å². The lowest BCUT2D eigenvalue weighted by Gasteiger charge is -2.15. The molecule has 0 nitrogen and oxygen atoms in total. The highest BCUT2D eigenvalue weighted by molar-refractivity contribution is 5.94. The fourth-order valence-electron chi connectivity index (χ4n) is 2.46. The summed E-state index contributed by atoms with van der Waals surface area (Å²) in [6.07, 6.45) is 5.48. The second-order valence-corrected chi connectivity index (χ2v) is 5.13. The summed E-state index contributed by atoms with van der Waals surface area (Å²) in [6, 6.07) is 5.71. The normalized spacial score (nSPS) is 10.2. The summed E-state index contributed by atoms with van der Waals surface area (Å²) in [5, 5.41) is 1.96. The minimum atomic E-state index is -0.298. The van der Waals surface area contributed by atoms with Crippen LogP contribution in [0.25, 0.3) is 10.8 Å². The molecule has 0 fully saturated rings. The minimum absolute atomic E-state index is 0.298. The first kappa shape index (κ1) is 16.2. The third kappa shape index (κ3) is 2.85. The summed E-state index contributed by atoms with van der Waals surface area (Å²) < 4.78 is 14.0. The van der Waals surface area contributed by atoms with E-state index in [4.69, 9.17) is 6.42 Å². The van der Waals surface area contributed by atoms with E-state index in [1.165, 1.54) is 11.6 Å². The van der Waals surface area contributed by atoms with Crippen LogP contribution in [0.2, 0.25) is 0 Å². The molecule has 20 heavy (non-hydrogen) atoms. The van der Waals surface area contributed by atoms with Crippen LogP contribution in [0, 0.1) is 32.0 Å². The van der Waals surface area contributed by atoms with Gasteiger partial charge in [-0.2, -0.15) is 0 Å². The van der Waals surface area contributed by atoms with Crippen LogP contribution in [-0.2, 0) is 0 Å². The molecule has 0 amide bonds. The third-order valence-electron chi connectivity index (χ3n) is 3.34. The third-order valence-corrected chi connectivity index (χ3v) is 3.34. The van der Waals surface area contributed by atoms with Crippen LogP contribution >= 0.6 is 0 Å². The molecule has 0 saturated heterocycles. The molecule has 0 radical (unpaired) electrons. The molecule has 0 bridgehead atoms. The van der Waals surface area contributed by atoms with Crippen LogP contribution in [0.15, 0.2) is 18.2 Å². The van der Waals surface area contributed by atoms with Crippen molar-refractivity contribution in [2.75, 3.05) is 0 Å². The standard InChI is InChI=1S/C17H17F.C2H6/c1-6-13-16(18)9-12(5)15-8-11(4)7-14(10(2)3)17(13)15;1-2/h1,7-10H,2-5H3;1-2H3. The zero-order valence-electron chi connectivity index (χ0n) is 13.3. The molecular weight excluding hydrogens is 247 g/mol. The van der Waals surface area contributed by atoms with Crippen LogP contribution in [0.5, 0.6) is 0 Å². The molecule has 0 unspecified atom stereocenters. The van der Waals surface area contributed by atoms with Gasteiger partial charge >= 0.3 is 0 Å². The summed E-state index contributed by atoms with van der Waals surface area (Å²) in [5.41, 5.74) is 3.64. The van der Waals surface area contributed by atoms with Crippen LogP contribution in [0.1, 0.15) is 55.9 Å². The Kier molecular flexibility index (Phi) is 5.34. The van der Waals surface area contributed by atoms with Crippen molar-refractivity contribution < 1.29 is 4.39 Å². The van der Waals surface area contributed by atoms with Crippen molar-refractivity contribution in [1.82, 2.24) is 0 Å². The molecule has 2 rings (SSSR count). The first-order chi connectivity index (χ1) is 9.45. The number of benzene rings is 2. The predicted octanol–water partition coefficient (Wildman–Crippen LogP) is 5.73. The van der Waals surface area contributed by atoms with Crippen molar-refractivity contribution in [2.45, 2.75) is 47.5 Å². The lowest BCUT2D eigenvalue weighted by atomic mass is 9.89. The molecule has 0 heterocycles. The van der Waals surface area contributed by atoms with Gasteiger partial charge in [-0.25, -0.2) is 4.39 Å². The Morgan fingerprint density at radius 3 is 2.20 bits per heavy atom. The fourth-order valence-corrected chi connectivity index (χ4v) is 2.46. The van der Waals surface area contributed by atoms with Gasteiger partial charge in [0.25, 0.3) is 0 Å². The maximum absolute atomic E-state index is 14.0. The average molecular weight is 270 g/mol. The predicted molar refractivity (Wildman–Crippen MR) is 86.8 cm³/mol. The maximum atomic E-state index is 14.0. The molecule has 2 aromatic rings. The van der Waals surface area contributed by atoms with E-state index < -0.39 is 0 Å².